The predicted molar refractivity (Wildman–Crippen MR) is 65.8 cm³/mol. The summed E-state index contributed by atoms with van der Waals surface area (Å²) in [5.41, 5.74) is -0.466. The number of ether oxygens (including phenoxy) is 1. The van der Waals surface area contributed by atoms with Gasteiger partial charge in [-0.1, -0.05) is 6.07 Å². The van der Waals surface area contributed by atoms with E-state index >= 15 is 0 Å². The summed E-state index contributed by atoms with van der Waals surface area (Å²) in [6.07, 6.45) is 0.531. The molecule has 0 fully saturated rings. The van der Waals surface area contributed by atoms with Gasteiger partial charge in [-0.15, -0.1) is 0 Å². The highest BCUT2D eigenvalue weighted by molar-refractivity contribution is 7.89. The largest absolute Gasteiger partial charge is 0.485 e. The fraction of sp³-hybridized carbons (Fsp3) is 0.400. The molecule has 7 nitrogen and oxygen atoms in total. The molecule has 0 saturated carbocycles. The van der Waals surface area contributed by atoms with Crippen LogP contribution in [0.3, 0.4) is 0 Å². The van der Waals surface area contributed by atoms with Gasteiger partial charge in [0, 0.05) is 6.07 Å². The second-order valence-corrected chi connectivity index (χ2v) is 5.50. The predicted octanol–water partition coefficient (Wildman–Crippen LogP) is 1.18. The molecule has 0 heterocycles. The van der Waals surface area contributed by atoms with Crippen LogP contribution in [0, 0.1) is 15.9 Å². The molecule has 0 saturated heterocycles. The molecular formula is C10H13FN2O5S. The summed E-state index contributed by atoms with van der Waals surface area (Å²) >= 11 is 0. The van der Waals surface area contributed by atoms with Gasteiger partial charge >= 0.3 is 5.69 Å². The Morgan fingerprint density at radius 3 is 2.63 bits per heavy atom. The fourth-order valence-corrected chi connectivity index (χ4v) is 1.97. The third kappa shape index (κ3) is 5.18. The molecule has 0 unspecified atom stereocenters. The minimum Gasteiger partial charge on any atom is -0.485 e. The molecule has 0 aromatic heterocycles. The third-order valence-corrected chi connectivity index (χ3v) is 3.07. The number of nitro groups is 1. The number of nitrogens with zero attached hydrogens (tertiary/aromatic N) is 1. The van der Waals surface area contributed by atoms with E-state index in [1.165, 1.54) is 6.07 Å². The maximum Gasteiger partial charge on any atom is 0.314 e. The summed E-state index contributed by atoms with van der Waals surface area (Å²) in [7, 11) is -3.54. The summed E-state index contributed by atoms with van der Waals surface area (Å²) in [5.74, 6) is -1.49. The molecule has 0 bridgehead atoms. The van der Waals surface area contributed by atoms with Crippen LogP contribution in [0.4, 0.5) is 10.1 Å². The van der Waals surface area contributed by atoms with E-state index in [4.69, 9.17) is 9.88 Å². The smallest absolute Gasteiger partial charge is 0.314 e. The molecule has 0 spiro atoms. The first-order valence-electron chi connectivity index (χ1n) is 5.37. The standard InChI is InChI=1S/C10H13FN2O5S/c11-8-4-3-5-9(13(14)15)10(8)18-6-1-2-7-19(12,16)17/h3-5H,1-2,6-7H2,(H2,12,16,17). The van der Waals surface area contributed by atoms with Crippen molar-refractivity contribution in [2.45, 2.75) is 12.8 Å². The molecule has 0 amide bonds. The number of para-hydroxylation sites is 1. The van der Waals surface area contributed by atoms with Crippen molar-refractivity contribution >= 4 is 15.7 Å². The average Bonchev–Trinajstić information content (AvgIpc) is 2.28. The second kappa shape index (κ2) is 6.43. The molecule has 0 radical (unpaired) electrons. The van der Waals surface area contributed by atoms with Crippen LogP contribution >= 0.6 is 0 Å². The van der Waals surface area contributed by atoms with Crippen LogP contribution in [0.15, 0.2) is 18.2 Å². The number of nitro benzene ring substituents is 1. The molecule has 9 heteroatoms. The lowest BCUT2D eigenvalue weighted by atomic mass is 10.3. The van der Waals surface area contributed by atoms with Gasteiger partial charge in [0.2, 0.25) is 15.8 Å². The lowest BCUT2D eigenvalue weighted by Gasteiger charge is -2.07. The first-order valence-corrected chi connectivity index (χ1v) is 7.09. The molecule has 0 aliphatic carbocycles. The second-order valence-electron chi connectivity index (χ2n) is 3.77. The monoisotopic (exact) mass is 292 g/mol. The summed E-state index contributed by atoms with van der Waals surface area (Å²) in [5, 5.41) is 15.5. The van der Waals surface area contributed by atoms with Crippen molar-refractivity contribution in [1.29, 1.82) is 0 Å². The quantitative estimate of drug-likeness (QED) is 0.460. The first-order chi connectivity index (χ1) is 8.81. The zero-order chi connectivity index (χ0) is 14.5. The van der Waals surface area contributed by atoms with Gasteiger partial charge in [0.05, 0.1) is 17.3 Å². The zero-order valence-electron chi connectivity index (χ0n) is 9.91. The van der Waals surface area contributed by atoms with E-state index in [-0.39, 0.29) is 18.8 Å². The van der Waals surface area contributed by atoms with Crippen molar-refractivity contribution in [3.8, 4) is 5.75 Å². The molecule has 106 valence electrons. The molecule has 1 aromatic carbocycles. The van der Waals surface area contributed by atoms with E-state index in [2.05, 4.69) is 0 Å². The van der Waals surface area contributed by atoms with Gasteiger partial charge in [0.15, 0.2) is 5.82 Å². The summed E-state index contributed by atoms with van der Waals surface area (Å²) < 4.78 is 39.7. The molecule has 1 aromatic rings. The molecular weight excluding hydrogens is 279 g/mol. The Bertz CT molecular complexity index is 561. The maximum absolute atomic E-state index is 13.4. The highest BCUT2D eigenvalue weighted by Gasteiger charge is 2.19. The summed E-state index contributed by atoms with van der Waals surface area (Å²) in [4.78, 5) is 9.91. The number of halogens is 1. The third-order valence-electron chi connectivity index (χ3n) is 2.21. The Hall–Kier alpha value is -1.74. The topological polar surface area (TPSA) is 113 Å². The minimum atomic E-state index is -3.54. The van der Waals surface area contributed by atoms with Crippen molar-refractivity contribution in [3.05, 3.63) is 34.1 Å². The molecule has 2 N–H and O–H groups in total. The van der Waals surface area contributed by atoms with Crippen LogP contribution in [0.5, 0.6) is 5.75 Å². The van der Waals surface area contributed by atoms with Crippen molar-refractivity contribution in [2.24, 2.45) is 5.14 Å². The average molecular weight is 292 g/mol. The van der Waals surface area contributed by atoms with E-state index < -0.39 is 32.2 Å². The van der Waals surface area contributed by atoms with Gasteiger partial charge in [0.25, 0.3) is 0 Å². The van der Waals surface area contributed by atoms with Crippen molar-refractivity contribution in [2.75, 3.05) is 12.4 Å². The van der Waals surface area contributed by atoms with E-state index in [0.717, 1.165) is 12.1 Å². The van der Waals surface area contributed by atoms with E-state index in [0.29, 0.717) is 6.42 Å². The van der Waals surface area contributed by atoms with Crippen molar-refractivity contribution in [3.63, 3.8) is 0 Å². The van der Waals surface area contributed by atoms with Crippen LogP contribution in [0.2, 0.25) is 0 Å². The van der Waals surface area contributed by atoms with Gasteiger partial charge < -0.3 is 4.74 Å². The lowest BCUT2D eigenvalue weighted by molar-refractivity contribution is -0.386. The Kier molecular flexibility index (Phi) is 5.19. The van der Waals surface area contributed by atoms with Crippen LogP contribution in [0.1, 0.15) is 12.8 Å². The van der Waals surface area contributed by atoms with Gasteiger partial charge in [-0.05, 0) is 18.9 Å². The zero-order valence-corrected chi connectivity index (χ0v) is 10.7. The fourth-order valence-electron chi connectivity index (χ4n) is 1.36. The van der Waals surface area contributed by atoms with Gasteiger partial charge in [-0.3, -0.25) is 10.1 Å². The molecule has 0 aliphatic heterocycles. The Labute approximate surface area is 109 Å². The molecule has 19 heavy (non-hydrogen) atoms. The number of primary sulfonamides is 1. The number of hydrogen-bond acceptors (Lipinski definition) is 5. The Morgan fingerprint density at radius 1 is 1.37 bits per heavy atom. The van der Waals surface area contributed by atoms with Crippen LogP contribution in [-0.2, 0) is 10.0 Å². The van der Waals surface area contributed by atoms with Crippen LogP contribution < -0.4 is 9.88 Å². The number of benzene rings is 1. The number of unbranched alkanes of at least 4 members (excludes halogenated alkanes) is 1. The highest BCUT2D eigenvalue weighted by atomic mass is 32.2. The number of hydrogen-bond donors (Lipinski definition) is 1. The van der Waals surface area contributed by atoms with Gasteiger partial charge in [-0.25, -0.2) is 17.9 Å². The number of nitrogens with two attached hydrogens (primary N) is 1. The summed E-state index contributed by atoms with van der Waals surface area (Å²) in [6, 6.07) is 3.39. The molecule has 0 atom stereocenters. The minimum absolute atomic E-state index is 0.0305. The van der Waals surface area contributed by atoms with Crippen LogP contribution in [0.25, 0.3) is 0 Å². The van der Waals surface area contributed by atoms with Gasteiger partial charge in [0.1, 0.15) is 0 Å². The molecule has 1 rings (SSSR count). The van der Waals surface area contributed by atoms with Crippen LogP contribution in [-0.4, -0.2) is 25.7 Å². The summed E-state index contributed by atoms with van der Waals surface area (Å²) in [6.45, 7) is -0.0305. The van der Waals surface area contributed by atoms with E-state index in [1.807, 2.05) is 0 Å². The maximum atomic E-state index is 13.4. The number of sulfonamides is 1. The molecule has 0 aliphatic rings. The number of rotatable bonds is 7. The SMILES string of the molecule is NS(=O)(=O)CCCCOc1c(F)cccc1[N+](=O)[O-]. The Morgan fingerprint density at radius 2 is 2.05 bits per heavy atom. The van der Waals surface area contributed by atoms with Gasteiger partial charge in [-0.2, -0.15) is 0 Å². The van der Waals surface area contributed by atoms with E-state index in [9.17, 15) is 22.9 Å². The van der Waals surface area contributed by atoms with Crippen molar-refractivity contribution < 1.29 is 22.5 Å². The highest BCUT2D eigenvalue weighted by Crippen LogP contribution is 2.29. The normalized spacial score (nSPS) is 11.3. The first kappa shape index (κ1) is 15.3. The Balaban J connectivity index is 2.56. The lowest BCUT2D eigenvalue weighted by Crippen LogP contribution is -2.17. The van der Waals surface area contributed by atoms with E-state index in [1.54, 1.807) is 0 Å². The van der Waals surface area contributed by atoms with Crippen molar-refractivity contribution in [1.82, 2.24) is 0 Å².